The number of benzene rings is 1. The summed E-state index contributed by atoms with van der Waals surface area (Å²) in [4.78, 5) is 8.63. The smallest absolute Gasteiger partial charge is 0.0991 e. The van der Waals surface area contributed by atoms with Crippen LogP contribution < -0.4 is 0 Å². The van der Waals surface area contributed by atoms with Crippen molar-refractivity contribution in [3.63, 3.8) is 0 Å². The highest BCUT2D eigenvalue weighted by molar-refractivity contribution is 7.11. The largest absolute Gasteiger partial charge is 0.294 e. The lowest BCUT2D eigenvalue weighted by Crippen LogP contribution is -2.29. The molecular formula is C17H19N3S. The first kappa shape index (κ1) is 14.2. The van der Waals surface area contributed by atoms with E-state index >= 15 is 0 Å². The third-order valence-electron chi connectivity index (χ3n) is 3.78. The highest BCUT2D eigenvalue weighted by Gasteiger charge is 2.21. The lowest BCUT2D eigenvalue weighted by molar-refractivity contribution is 0.247. The van der Waals surface area contributed by atoms with E-state index in [4.69, 9.17) is 10.2 Å². The van der Waals surface area contributed by atoms with E-state index in [1.165, 1.54) is 21.1 Å². The average molecular weight is 297 g/mol. The zero-order chi connectivity index (χ0) is 14.8. The number of nitriles is 1. The zero-order valence-corrected chi connectivity index (χ0v) is 13.3. The predicted molar refractivity (Wildman–Crippen MR) is 85.2 cm³/mol. The van der Waals surface area contributed by atoms with Gasteiger partial charge in [0.2, 0.25) is 0 Å². The fraction of sp³-hybridized carbons (Fsp3) is 0.412. The number of aromatic nitrogens is 1. The number of rotatable bonds is 3. The summed E-state index contributed by atoms with van der Waals surface area (Å²) >= 11 is 1.86. The van der Waals surface area contributed by atoms with Gasteiger partial charge in [-0.2, -0.15) is 5.26 Å². The molecule has 3 rings (SSSR count). The molecule has 2 aromatic rings. The molecule has 0 N–H and O–H groups in total. The molecule has 21 heavy (non-hydrogen) atoms. The summed E-state index contributed by atoms with van der Waals surface area (Å²) in [5.74, 6) is 0.515. The number of thiazole rings is 1. The molecule has 2 heterocycles. The Morgan fingerprint density at radius 1 is 1.43 bits per heavy atom. The molecule has 0 spiro atoms. The number of fused-ring (bicyclic) bond motifs is 1. The topological polar surface area (TPSA) is 39.9 Å². The SMILES string of the molecule is CC(C)c1nc2c(s1)CN(Cc1cccc(C#N)c1)CC2. The minimum Gasteiger partial charge on any atom is -0.294 e. The predicted octanol–water partition coefficient (Wildman–Crippen LogP) is 3.70. The van der Waals surface area contributed by atoms with Crippen LogP contribution in [0.15, 0.2) is 24.3 Å². The maximum Gasteiger partial charge on any atom is 0.0991 e. The van der Waals surface area contributed by atoms with Gasteiger partial charge in [-0.05, 0) is 17.7 Å². The number of hydrogen-bond donors (Lipinski definition) is 0. The van der Waals surface area contributed by atoms with Crippen LogP contribution in [0.3, 0.4) is 0 Å². The Kier molecular flexibility index (Phi) is 4.05. The van der Waals surface area contributed by atoms with Crippen molar-refractivity contribution in [2.75, 3.05) is 6.54 Å². The van der Waals surface area contributed by atoms with E-state index in [0.717, 1.165) is 31.6 Å². The molecule has 0 bridgehead atoms. The maximum atomic E-state index is 8.98. The molecule has 3 nitrogen and oxygen atoms in total. The minimum absolute atomic E-state index is 0.515. The summed E-state index contributed by atoms with van der Waals surface area (Å²) in [6, 6.07) is 10.1. The van der Waals surface area contributed by atoms with E-state index in [0.29, 0.717) is 5.92 Å². The molecule has 0 saturated heterocycles. The van der Waals surface area contributed by atoms with Crippen LogP contribution in [-0.4, -0.2) is 16.4 Å². The third kappa shape index (κ3) is 3.15. The summed E-state index contributed by atoms with van der Waals surface area (Å²) in [6.07, 6.45) is 1.04. The molecule has 0 aliphatic carbocycles. The van der Waals surface area contributed by atoms with Gasteiger partial charge in [-0.1, -0.05) is 26.0 Å². The summed E-state index contributed by atoms with van der Waals surface area (Å²) in [7, 11) is 0. The first-order valence-corrected chi connectivity index (χ1v) is 8.17. The zero-order valence-electron chi connectivity index (χ0n) is 12.5. The molecule has 4 heteroatoms. The van der Waals surface area contributed by atoms with Gasteiger partial charge >= 0.3 is 0 Å². The van der Waals surface area contributed by atoms with Gasteiger partial charge < -0.3 is 0 Å². The summed E-state index contributed by atoms with van der Waals surface area (Å²) in [5.41, 5.74) is 3.25. The van der Waals surface area contributed by atoms with Crippen LogP contribution in [0.4, 0.5) is 0 Å². The van der Waals surface area contributed by atoms with Crippen molar-refractivity contribution in [2.24, 2.45) is 0 Å². The van der Waals surface area contributed by atoms with Gasteiger partial charge in [0, 0.05) is 36.9 Å². The van der Waals surface area contributed by atoms with E-state index in [1.54, 1.807) is 0 Å². The van der Waals surface area contributed by atoms with Crippen LogP contribution >= 0.6 is 11.3 Å². The van der Waals surface area contributed by atoms with Crippen LogP contribution in [0.2, 0.25) is 0 Å². The van der Waals surface area contributed by atoms with Crippen LogP contribution in [-0.2, 0) is 19.5 Å². The summed E-state index contributed by atoms with van der Waals surface area (Å²) < 4.78 is 0. The number of hydrogen-bond acceptors (Lipinski definition) is 4. The van der Waals surface area contributed by atoms with Gasteiger partial charge in [-0.15, -0.1) is 11.3 Å². The summed E-state index contributed by atoms with van der Waals surface area (Å²) in [6.45, 7) is 7.34. The van der Waals surface area contributed by atoms with Gasteiger partial charge in [-0.3, -0.25) is 4.90 Å². The molecule has 1 aliphatic rings. The third-order valence-corrected chi connectivity index (χ3v) is 5.17. The van der Waals surface area contributed by atoms with Crippen LogP contribution in [0.5, 0.6) is 0 Å². The minimum atomic E-state index is 0.515. The monoisotopic (exact) mass is 297 g/mol. The van der Waals surface area contributed by atoms with Crippen LogP contribution in [0, 0.1) is 11.3 Å². The second-order valence-corrected chi connectivity index (χ2v) is 6.96. The van der Waals surface area contributed by atoms with Crippen molar-refractivity contribution in [3.05, 3.63) is 51.0 Å². The standard InChI is InChI=1S/C17H19N3S/c1-12(2)17-19-15-6-7-20(11-16(15)21-17)10-14-5-3-4-13(8-14)9-18/h3-5,8,12H,6-7,10-11H2,1-2H3. The van der Waals surface area contributed by atoms with Gasteiger partial charge in [0.25, 0.3) is 0 Å². The van der Waals surface area contributed by atoms with Crippen LogP contribution in [0.25, 0.3) is 0 Å². The van der Waals surface area contributed by atoms with Crippen molar-refractivity contribution < 1.29 is 0 Å². The molecule has 0 atom stereocenters. The lowest BCUT2D eigenvalue weighted by Gasteiger charge is -2.25. The van der Waals surface area contributed by atoms with Gasteiger partial charge in [0.05, 0.1) is 22.3 Å². The Hall–Kier alpha value is -1.70. The molecule has 1 aromatic carbocycles. The Morgan fingerprint density at radius 2 is 2.29 bits per heavy atom. The number of nitrogens with zero attached hydrogens (tertiary/aromatic N) is 3. The van der Waals surface area contributed by atoms with E-state index in [-0.39, 0.29) is 0 Å². The Morgan fingerprint density at radius 3 is 3.05 bits per heavy atom. The molecule has 1 aliphatic heterocycles. The highest BCUT2D eigenvalue weighted by Crippen LogP contribution is 2.29. The second kappa shape index (κ2) is 5.97. The molecule has 1 aromatic heterocycles. The molecule has 0 fully saturated rings. The maximum absolute atomic E-state index is 8.98. The molecule has 0 saturated carbocycles. The first-order valence-electron chi connectivity index (χ1n) is 7.35. The molecule has 0 radical (unpaired) electrons. The molecule has 108 valence electrons. The summed E-state index contributed by atoms with van der Waals surface area (Å²) in [5, 5.41) is 10.2. The Balaban J connectivity index is 1.72. The fourth-order valence-corrected chi connectivity index (χ4v) is 3.80. The Bertz CT molecular complexity index is 682. The van der Waals surface area contributed by atoms with Crippen molar-refractivity contribution >= 4 is 11.3 Å². The van der Waals surface area contributed by atoms with Crippen molar-refractivity contribution in [1.29, 1.82) is 5.26 Å². The first-order chi connectivity index (χ1) is 10.2. The second-order valence-electron chi connectivity index (χ2n) is 5.85. The quantitative estimate of drug-likeness (QED) is 0.867. The molecular weight excluding hydrogens is 278 g/mol. The highest BCUT2D eigenvalue weighted by atomic mass is 32.1. The molecule has 0 amide bonds. The van der Waals surface area contributed by atoms with E-state index in [9.17, 15) is 0 Å². The van der Waals surface area contributed by atoms with E-state index in [2.05, 4.69) is 30.9 Å². The molecule has 0 unspecified atom stereocenters. The van der Waals surface area contributed by atoms with Gasteiger partial charge in [0.1, 0.15) is 0 Å². The lowest BCUT2D eigenvalue weighted by atomic mass is 10.1. The Labute approximate surface area is 129 Å². The van der Waals surface area contributed by atoms with Crippen molar-refractivity contribution in [1.82, 2.24) is 9.88 Å². The fourth-order valence-electron chi connectivity index (χ4n) is 2.65. The normalized spacial score (nSPS) is 15.0. The van der Waals surface area contributed by atoms with Gasteiger partial charge in [0.15, 0.2) is 0 Å². The average Bonchev–Trinajstić information content (AvgIpc) is 2.91. The van der Waals surface area contributed by atoms with Crippen LogP contribution in [0.1, 0.15) is 46.5 Å². The van der Waals surface area contributed by atoms with Crippen molar-refractivity contribution in [2.45, 2.75) is 39.3 Å². The van der Waals surface area contributed by atoms with E-state index < -0.39 is 0 Å². The van der Waals surface area contributed by atoms with Gasteiger partial charge in [-0.25, -0.2) is 4.98 Å². The van der Waals surface area contributed by atoms with E-state index in [1.807, 2.05) is 29.5 Å². The van der Waals surface area contributed by atoms with Crippen molar-refractivity contribution in [3.8, 4) is 6.07 Å².